The summed E-state index contributed by atoms with van der Waals surface area (Å²) in [6.45, 7) is 0. The van der Waals surface area contributed by atoms with Gasteiger partial charge in [-0.25, -0.2) is 14.4 Å². The van der Waals surface area contributed by atoms with Crippen molar-refractivity contribution in [3.05, 3.63) is 70.6 Å². The second kappa shape index (κ2) is 7.21. The Labute approximate surface area is 156 Å². The standard InChI is InChI=1S/C18H9ClF4N4/c19-15-8-16(25-14-6-2-5-13(20)12(14)9-24)27-17(26-15)10-3-1-4-11(7-10)18(21,22)23/h1-8H,(H,25,26,27). The van der Waals surface area contributed by atoms with Crippen LogP contribution in [0.4, 0.5) is 29.1 Å². The van der Waals surface area contributed by atoms with Crippen LogP contribution in [0.15, 0.2) is 48.5 Å². The van der Waals surface area contributed by atoms with Crippen molar-refractivity contribution in [2.45, 2.75) is 6.18 Å². The predicted molar refractivity (Wildman–Crippen MR) is 91.9 cm³/mol. The van der Waals surface area contributed by atoms with Crippen molar-refractivity contribution in [2.75, 3.05) is 5.32 Å². The number of nitrogens with zero attached hydrogens (tertiary/aromatic N) is 3. The summed E-state index contributed by atoms with van der Waals surface area (Å²) in [5.41, 5.74) is -0.833. The number of aromatic nitrogens is 2. The van der Waals surface area contributed by atoms with Gasteiger partial charge in [-0.2, -0.15) is 18.4 Å². The molecule has 0 amide bonds. The van der Waals surface area contributed by atoms with E-state index in [1.807, 2.05) is 0 Å². The highest BCUT2D eigenvalue weighted by molar-refractivity contribution is 6.29. The smallest absolute Gasteiger partial charge is 0.339 e. The van der Waals surface area contributed by atoms with Gasteiger partial charge in [0.15, 0.2) is 5.82 Å². The van der Waals surface area contributed by atoms with Crippen molar-refractivity contribution < 1.29 is 17.6 Å². The largest absolute Gasteiger partial charge is 0.416 e. The van der Waals surface area contributed by atoms with Gasteiger partial charge in [-0.15, -0.1) is 0 Å². The Morgan fingerprint density at radius 1 is 1.04 bits per heavy atom. The summed E-state index contributed by atoms with van der Waals surface area (Å²) < 4.78 is 52.4. The van der Waals surface area contributed by atoms with E-state index in [0.717, 1.165) is 18.2 Å². The summed E-state index contributed by atoms with van der Waals surface area (Å²) in [5, 5.41) is 11.8. The van der Waals surface area contributed by atoms with Crippen molar-refractivity contribution in [2.24, 2.45) is 0 Å². The van der Waals surface area contributed by atoms with E-state index in [0.29, 0.717) is 0 Å². The minimum absolute atomic E-state index is 0.0326. The summed E-state index contributed by atoms with van der Waals surface area (Å²) in [4.78, 5) is 8.06. The first-order valence-corrected chi connectivity index (χ1v) is 7.83. The van der Waals surface area contributed by atoms with Crippen LogP contribution in [-0.2, 0) is 6.18 Å². The van der Waals surface area contributed by atoms with E-state index in [4.69, 9.17) is 16.9 Å². The number of hydrogen-bond acceptors (Lipinski definition) is 4. The van der Waals surface area contributed by atoms with E-state index in [1.165, 1.54) is 30.3 Å². The maximum Gasteiger partial charge on any atom is 0.416 e. The molecule has 1 aromatic heterocycles. The third kappa shape index (κ3) is 4.15. The van der Waals surface area contributed by atoms with E-state index in [2.05, 4.69) is 15.3 Å². The van der Waals surface area contributed by atoms with Crippen LogP contribution >= 0.6 is 11.6 Å². The molecule has 27 heavy (non-hydrogen) atoms. The molecule has 1 heterocycles. The summed E-state index contributed by atoms with van der Waals surface area (Å²) in [6, 6.07) is 11.5. The molecule has 0 radical (unpaired) electrons. The van der Waals surface area contributed by atoms with Crippen molar-refractivity contribution in [3.63, 3.8) is 0 Å². The zero-order valence-electron chi connectivity index (χ0n) is 13.4. The molecule has 9 heteroatoms. The number of anilines is 2. The third-order valence-electron chi connectivity index (χ3n) is 3.53. The molecule has 136 valence electrons. The number of alkyl halides is 3. The SMILES string of the molecule is N#Cc1c(F)cccc1Nc1cc(Cl)nc(-c2cccc(C(F)(F)F)c2)n1. The molecule has 0 spiro atoms. The van der Waals surface area contributed by atoms with Crippen LogP contribution < -0.4 is 5.32 Å². The predicted octanol–water partition coefficient (Wildman–Crippen LogP) is 5.57. The second-order valence-corrected chi connectivity index (χ2v) is 5.76. The maximum absolute atomic E-state index is 13.7. The average Bonchev–Trinajstić information content (AvgIpc) is 2.61. The molecule has 0 aliphatic heterocycles. The lowest BCUT2D eigenvalue weighted by molar-refractivity contribution is -0.137. The van der Waals surface area contributed by atoms with Gasteiger partial charge < -0.3 is 5.32 Å². The first-order valence-electron chi connectivity index (χ1n) is 7.46. The maximum atomic E-state index is 13.7. The summed E-state index contributed by atoms with van der Waals surface area (Å²) >= 11 is 5.95. The van der Waals surface area contributed by atoms with E-state index >= 15 is 0 Å². The van der Waals surface area contributed by atoms with E-state index < -0.39 is 17.6 Å². The van der Waals surface area contributed by atoms with Crippen molar-refractivity contribution in [3.8, 4) is 17.5 Å². The molecule has 0 aliphatic carbocycles. The molecule has 3 rings (SSSR count). The van der Waals surface area contributed by atoms with Crippen LogP contribution in [0.2, 0.25) is 5.15 Å². The number of nitrogens with one attached hydrogen (secondary N) is 1. The first kappa shape index (κ1) is 18.6. The minimum atomic E-state index is -4.51. The zero-order chi connectivity index (χ0) is 19.6. The van der Waals surface area contributed by atoms with Crippen molar-refractivity contribution >= 4 is 23.1 Å². The monoisotopic (exact) mass is 392 g/mol. The number of nitriles is 1. The summed E-state index contributed by atoms with van der Waals surface area (Å²) in [6.07, 6.45) is -4.51. The molecule has 0 unspecified atom stereocenters. The number of rotatable bonds is 3. The lowest BCUT2D eigenvalue weighted by Crippen LogP contribution is -2.05. The highest BCUT2D eigenvalue weighted by Crippen LogP contribution is 2.32. The number of benzene rings is 2. The third-order valence-corrected chi connectivity index (χ3v) is 3.72. The van der Waals surface area contributed by atoms with Crippen molar-refractivity contribution in [1.29, 1.82) is 5.26 Å². The van der Waals surface area contributed by atoms with Gasteiger partial charge in [-0.3, -0.25) is 0 Å². The first-order chi connectivity index (χ1) is 12.8. The lowest BCUT2D eigenvalue weighted by atomic mass is 10.1. The zero-order valence-corrected chi connectivity index (χ0v) is 14.1. The normalized spacial score (nSPS) is 11.1. The number of hydrogen-bond donors (Lipinski definition) is 1. The van der Waals surface area contributed by atoms with Gasteiger partial charge in [0.05, 0.1) is 11.3 Å². The van der Waals surface area contributed by atoms with Gasteiger partial charge in [0, 0.05) is 11.6 Å². The Balaban J connectivity index is 2.02. The molecule has 3 aromatic rings. The van der Waals surface area contributed by atoms with E-state index in [1.54, 1.807) is 6.07 Å². The van der Waals surface area contributed by atoms with Gasteiger partial charge in [-0.05, 0) is 24.3 Å². The molecular weight excluding hydrogens is 384 g/mol. The highest BCUT2D eigenvalue weighted by Gasteiger charge is 2.30. The quantitative estimate of drug-likeness (QED) is 0.467. The molecule has 0 aliphatic rings. The molecule has 0 saturated carbocycles. The fourth-order valence-electron chi connectivity index (χ4n) is 2.33. The average molecular weight is 393 g/mol. The van der Waals surface area contributed by atoms with Crippen LogP contribution in [-0.4, -0.2) is 9.97 Å². The molecular formula is C18H9ClF4N4. The minimum Gasteiger partial charge on any atom is -0.339 e. The Morgan fingerprint density at radius 2 is 1.78 bits per heavy atom. The highest BCUT2D eigenvalue weighted by atomic mass is 35.5. The topological polar surface area (TPSA) is 61.6 Å². The van der Waals surface area contributed by atoms with E-state index in [9.17, 15) is 17.6 Å². The Morgan fingerprint density at radius 3 is 2.48 bits per heavy atom. The molecule has 0 fully saturated rings. The second-order valence-electron chi connectivity index (χ2n) is 5.38. The lowest BCUT2D eigenvalue weighted by Gasteiger charge is -2.11. The van der Waals surface area contributed by atoms with E-state index in [-0.39, 0.29) is 33.6 Å². The molecule has 2 aromatic carbocycles. The van der Waals surface area contributed by atoms with Crippen LogP contribution in [0.25, 0.3) is 11.4 Å². The molecule has 0 bridgehead atoms. The summed E-state index contributed by atoms with van der Waals surface area (Å²) in [7, 11) is 0. The van der Waals surface area contributed by atoms with Gasteiger partial charge in [0.1, 0.15) is 28.4 Å². The molecule has 0 atom stereocenters. The Kier molecular flexibility index (Phi) is 4.97. The molecule has 4 nitrogen and oxygen atoms in total. The Hall–Kier alpha value is -3.18. The van der Waals surface area contributed by atoms with Crippen LogP contribution in [0.1, 0.15) is 11.1 Å². The Bertz CT molecular complexity index is 1040. The number of halogens is 5. The fourth-order valence-corrected chi connectivity index (χ4v) is 2.51. The molecule has 0 saturated heterocycles. The van der Waals surface area contributed by atoms with Gasteiger partial charge in [0.2, 0.25) is 0 Å². The van der Waals surface area contributed by atoms with Crippen LogP contribution in [0.3, 0.4) is 0 Å². The fraction of sp³-hybridized carbons (Fsp3) is 0.0556. The van der Waals surface area contributed by atoms with Gasteiger partial charge in [0.25, 0.3) is 0 Å². The molecule has 1 N–H and O–H groups in total. The van der Waals surface area contributed by atoms with Crippen molar-refractivity contribution in [1.82, 2.24) is 9.97 Å². The van der Waals surface area contributed by atoms with Crippen LogP contribution in [0, 0.1) is 17.1 Å². The van der Waals surface area contributed by atoms with Gasteiger partial charge in [-0.1, -0.05) is 29.8 Å². The van der Waals surface area contributed by atoms with Crippen LogP contribution in [0.5, 0.6) is 0 Å². The summed E-state index contributed by atoms with van der Waals surface area (Å²) in [5.74, 6) is -0.670. The van der Waals surface area contributed by atoms with Gasteiger partial charge >= 0.3 is 6.18 Å².